The van der Waals surface area contributed by atoms with E-state index in [1.165, 1.54) is 17.0 Å². The van der Waals surface area contributed by atoms with E-state index in [0.29, 0.717) is 11.1 Å². The van der Waals surface area contributed by atoms with Gasteiger partial charge in [-0.3, -0.25) is 19.2 Å². The predicted octanol–water partition coefficient (Wildman–Crippen LogP) is -0.328. The highest BCUT2D eigenvalue weighted by Gasteiger charge is 2.36. The zero-order valence-corrected chi connectivity index (χ0v) is 21.6. The second kappa shape index (κ2) is 12.2. The third-order valence-electron chi connectivity index (χ3n) is 6.19. The van der Waals surface area contributed by atoms with Crippen molar-refractivity contribution >= 4 is 33.7 Å². The molecule has 39 heavy (non-hydrogen) atoms. The molecule has 0 aliphatic carbocycles. The molecule has 3 unspecified atom stereocenters. The van der Waals surface area contributed by atoms with E-state index in [9.17, 15) is 32.7 Å². The van der Waals surface area contributed by atoms with Crippen LogP contribution in [0.1, 0.15) is 23.2 Å². The van der Waals surface area contributed by atoms with Crippen LogP contribution in [0.4, 0.5) is 0 Å². The summed E-state index contributed by atoms with van der Waals surface area (Å²) in [7, 11) is -3.84. The number of ether oxygens (including phenoxy) is 1. The normalized spacial score (nSPS) is 21.5. The first-order valence-corrected chi connectivity index (χ1v) is 13.6. The van der Waals surface area contributed by atoms with Gasteiger partial charge < -0.3 is 25.4 Å². The first-order valence-electron chi connectivity index (χ1n) is 12.2. The zero-order valence-electron chi connectivity index (χ0n) is 20.8. The van der Waals surface area contributed by atoms with E-state index in [0.717, 1.165) is 0 Å². The largest absolute Gasteiger partial charge is 0.434 e. The first-order chi connectivity index (χ1) is 18.6. The molecule has 0 saturated carbocycles. The molecule has 2 heterocycles. The van der Waals surface area contributed by atoms with Crippen molar-refractivity contribution in [3.05, 3.63) is 77.9 Å². The Bertz CT molecular complexity index is 1360. The standard InChI is InChI=1S/C26H28N4O8S/c31-22(28-21-13-23(32)38-26(21)35)16-30-15-17(14-27-39(36,37)19-9-5-2-6-10-19)11-12-20(25(30)34)29-24(33)18-7-3-1-4-8-18/h1-11,20-21,26-27,35H,12-16H2,(H,28,31)(H,29,33). The highest BCUT2D eigenvalue weighted by Crippen LogP contribution is 2.16. The Morgan fingerprint density at radius 2 is 1.67 bits per heavy atom. The monoisotopic (exact) mass is 556 g/mol. The maximum atomic E-state index is 13.4. The van der Waals surface area contributed by atoms with Gasteiger partial charge in [0.1, 0.15) is 12.1 Å². The van der Waals surface area contributed by atoms with E-state index < -0.39 is 58.6 Å². The Morgan fingerprint density at radius 1 is 1.00 bits per heavy atom. The van der Waals surface area contributed by atoms with E-state index in [1.807, 2.05) is 0 Å². The molecule has 0 radical (unpaired) electrons. The second-order valence-corrected chi connectivity index (χ2v) is 10.8. The van der Waals surface area contributed by atoms with Crippen LogP contribution in [0, 0.1) is 0 Å². The number of amides is 3. The first kappa shape index (κ1) is 28.0. The minimum Gasteiger partial charge on any atom is -0.434 e. The van der Waals surface area contributed by atoms with E-state index in [2.05, 4.69) is 20.1 Å². The summed E-state index contributed by atoms with van der Waals surface area (Å²) in [5.74, 6) is -2.36. The smallest absolute Gasteiger partial charge is 0.310 e. The summed E-state index contributed by atoms with van der Waals surface area (Å²) in [5.41, 5.74) is 0.852. The Labute approximate surface area is 225 Å². The minimum absolute atomic E-state index is 0.0710. The van der Waals surface area contributed by atoms with Gasteiger partial charge >= 0.3 is 5.97 Å². The van der Waals surface area contributed by atoms with Crippen molar-refractivity contribution < 1.29 is 37.4 Å². The molecule has 1 saturated heterocycles. The molecule has 13 heteroatoms. The minimum atomic E-state index is -3.84. The van der Waals surface area contributed by atoms with E-state index >= 15 is 0 Å². The number of hydrogen-bond donors (Lipinski definition) is 4. The quantitative estimate of drug-likeness (QED) is 0.240. The SMILES string of the molecule is O=C(CN1CC(CNS(=O)(=O)c2ccccc2)=CCC(NC(=O)c2ccccc2)C1=O)NC1CC(=O)OC1O. The van der Waals surface area contributed by atoms with Crippen LogP contribution < -0.4 is 15.4 Å². The van der Waals surface area contributed by atoms with Crippen molar-refractivity contribution in [2.45, 2.75) is 36.1 Å². The van der Waals surface area contributed by atoms with Crippen LogP contribution in [0.25, 0.3) is 0 Å². The summed E-state index contributed by atoms with van der Waals surface area (Å²) < 4.78 is 32.5. The number of carbonyl (C=O) groups excluding carboxylic acids is 4. The van der Waals surface area contributed by atoms with Crippen LogP contribution in [0.3, 0.4) is 0 Å². The average Bonchev–Trinajstić information content (AvgIpc) is 3.16. The molecule has 2 aliphatic heterocycles. The molecule has 2 aliphatic rings. The van der Waals surface area contributed by atoms with Gasteiger partial charge in [0.2, 0.25) is 28.1 Å². The molecule has 3 atom stereocenters. The average molecular weight is 557 g/mol. The lowest BCUT2D eigenvalue weighted by Gasteiger charge is -2.26. The fourth-order valence-corrected chi connectivity index (χ4v) is 5.23. The molecule has 4 N–H and O–H groups in total. The molecule has 12 nitrogen and oxygen atoms in total. The highest BCUT2D eigenvalue weighted by atomic mass is 32.2. The van der Waals surface area contributed by atoms with Crippen LogP contribution in [0.2, 0.25) is 0 Å². The van der Waals surface area contributed by atoms with Crippen LogP contribution in [0.15, 0.2) is 77.2 Å². The van der Waals surface area contributed by atoms with Crippen molar-refractivity contribution in [3.63, 3.8) is 0 Å². The summed E-state index contributed by atoms with van der Waals surface area (Å²) in [6, 6.07) is 14.1. The van der Waals surface area contributed by atoms with Crippen molar-refractivity contribution in [3.8, 4) is 0 Å². The van der Waals surface area contributed by atoms with Gasteiger partial charge in [-0.25, -0.2) is 13.1 Å². The van der Waals surface area contributed by atoms with Gasteiger partial charge in [0.15, 0.2) is 0 Å². The number of rotatable bonds is 9. The summed E-state index contributed by atoms with van der Waals surface area (Å²) in [6.45, 7) is -0.688. The molecule has 2 aromatic carbocycles. The summed E-state index contributed by atoms with van der Waals surface area (Å²) in [6.07, 6.45) is 0.0129. The van der Waals surface area contributed by atoms with Gasteiger partial charge in [-0.2, -0.15) is 0 Å². The molecular weight excluding hydrogens is 528 g/mol. The fourth-order valence-electron chi connectivity index (χ4n) is 4.17. The van der Waals surface area contributed by atoms with Gasteiger partial charge in [-0.05, 0) is 36.3 Å². The predicted molar refractivity (Wildman–Crippen MR) is 137 cm³/mol. The molecular formula is C26H28N4O8S. The third kappa shape index (κ3) is 7.28. The van der Waals surface area contributed by atoms with E-state index in [1.54, 1.807) is 54.6 Å². The summed E-state index contributed by atoms with van der Waals surface area (Å²) >= 11 is 0. The van der Waals surface area contributed by atoms with E-state index in [-0.39, 0.29) is 30.8 Å². The second-order valence-electron chi connectivity index (χ2n) is 9.08. The van der Waals surface area contributed by atoms with Gasteiger partial charge in [-0.1, -0.05) is 42.5 Å². The molecule has 0 spiro atoms. The van der Waals surface area contributed by atoms with Gasteiger partial charge in [0.25, 0.3) is 5.91 Å². The number of benzene rings is 2. The zero-order chi connectivity index (χ0) is 28.0. The Morgan fingerprint density at radius 3 is 2.31 bits per heavy atom. The fraction of sp³-hybridized carbons (Fsp3) is 0.308. The number of esters is 1. The maximum Gasteiger partial charge on any atom is 0.310 e. The van der Waals surface area contributed by atoms with Crippen LogP contribution in [0.5, 0.6) is 0 Å². The summed E-state index contributed by atoms with van der Waals surface area (Å²) in [4.78, 5) is 51.5. The van der Waals surface area contributed by atoms with Crippen molar-refractivity contribution in [1.29, 1.82) is 0 Å². The Hall–Kier alpha value is -4.07. The van der Waals surface area contributed by atoms with Gasteiger partial charge in [-0.15, -0.1) is 0 Å². The lowest BCUT2D eigenvalue weighted by Crippen LogP contribution is -2.52. The van der Waals surface area contributed by atoms with Gasteiger partial charge in [0, 0.05) is 18.7 Å². The van der Waals surface area contributed by atoms with Crippen LogP contribution >= 0.6 is 0 Å². The third-order valence-corrected chi connectivity index (χ3v) is 7.61. The number of aliphatic hydroxyl groups is 1. The number of aliphatic hydroxyl groups excluding tert-OH is 1. The number of sulfonamides is 1. The molecule has 3 amide bonds. The van der Waals surface area contributed by atoms with Crippen molar-refractivity contribution in [2.75, 3.05) is 19.6 Å². The lowest BCUT2D eigenvalue weighted by atomic mass is 10.1. The molecule has 1 fully saturated rings. The number of carbonyl (C=O) groups is 4. The molecule has 0 bridgehead atoms. The van der Waals surface area contributed by atoms with Crippen LogP contribution in [-0.2, 0) is 29.1 Å². The topological polar surface area (TPSA) is 171 Å². The lowest BCUT2D eigenvalue weighted by molar-refractivity contribution is -0.155. The molecule has 0 aromatic heterocycles. The maximum absolute atomic E-state index is 13.4. The highest BCUT2D eigenvalue weighted by molar-refractivity contribution is 7.89. The van der Waals surface area contributed by atoms with Gasteiger partial charge in [0.05, 0.1) is 17.9 Å². The van der Waals surface area contributed by atoms with Crippen molar-refractivity contribution in [1.82, 2.24) is 20.3 Å². The van der Waals surface area contributed by atoms with E-state index in [4.69, 9.17) is 0 Å². The number of nitrogens with one attached hydrogen (secondary N) is 3. The Kier molecular flexibility index (Phi) is 8.74. The van der Waals surface area contributed by atoms with Crippen molar-refractivity contribution in [2.24, 2.45) is 0 Å². The number of nitrogens with zero attached hydrogens (tertiary/aromatic N) is 1. The Balaban J connectivity index is 1.49. The summed E-state index contributed by atoms with van der Waals surface area (Å²) in [5, 5.41) is 14.9. The molecule has 4 rings (SSSR count). The van der Waals surface area contributed by atoms with Crippen LogP contribution in [-0.4, -0.2) is 80.1 Å². The molecule has 206 valence electrons. The number of cyclic esters (lactones) is 1. The number of hydrogen-bond acceptors (Lipinski definition) is 8. The molecule has 2 aromatic rings.